The Bertz CT molecular complexity index is 900. The number of aromatic nitrogens is 2. The molecule has 0 amide bonds. The molecule has 0 unspecified atom stereocenters. The number of rotatable bonds is 5. The number of hydrogen-bond donors (Lipinski definition) is 2. The minimum atomic E-state index is -3.29. The van der Waals surface area contributed by atoms with Crippen LogP contribution in [0.4, 0.5) is 17.2 Å². The van der Waals surface area contributed by atoms with Gasteiger partial charge in [0, 0.05) is 11.3 Å². The molecule has 1 aliphatic heterocycles. The van der Waals surface area contributed by atoms with Crippen LogP contribution in [-0.4, -0.2) is 23.6 Å². The zero-order chi connectivity index (χ0) is 16.7. The molecular formula is C15H15ClN4O3S. The third-order valence-corrected chi connectivity index (χ3v) is 5.94. The molecule has 126 valence electrons. The van der Waals surface area contributed by atoms with E-state index in [9.17, 15) is 8.42 Å². The van der Waals surface area contributed by atoms with Crippen LogP contribution in [0.1, 0.15) is 24.1 Å². The Morgan fingerprint density at radius 1 is 1.17 bits per heavy atom. The normalized spacial score (nSPS) is 16.7. The SMILES string of the molecule is O=S(=O)(Nc1cccc(Nc2nc(Cl)nc3c2COC3)c1)C1CC1. The van der Waals surface area contributed by atoms with Crippen molar-refractivity contribution in [3.05, 3.63) is 40.8 Å². The van der Waals surface area contributed by atoms with Crippen LogP contribution in [0.2, 0.25) is 5.28 Å². The Hall–Kier alpha value is -1.90. The maximum absolute atomic E-state index is 12.0. The fourth-order valence-corrected chi connectivity index (χ4v) is 4.11. The largest absolute Gasteiger partial charge is 0.370 e. The Labute approximate surface area is 144 Å². The maximum atomic E-state index is 12.0. The minimum Gasteiger partial charge on any atom is -0.370 e. The van der Waals surface area contributed by atoms with Crippen molar-refractivity contribution in [2.45, 2.75) is 31.3 Å². The lowest BCUT2D eigenvalue weighted by molar-refractivity contribution is 0.133. The number of anilines is 3. The predicted octanol–water partition coefficient (Wildman–Crippen LogP) is 2.81. The van der Waals surface area contributed by atoms with Crippen molar-refractivity contribution in [3.8, 4) is 0 Å². The number of nitrogens with zero attached hydrogens (tertiary/aromatic N) is 2. The number of fused-ring (bicyclic) bond motifs is 1. The average Bonchev–Trinajstić information content (AvgIpc) is 3.28. The second kappa shape index (κ2) is 5.87. The maximum Gasteiger partial charge on any atom is 0.235 e. The highest BCUT2D eigenvalue weighted by Gasteiger charge is 2.35. The van der Waals surface area contributed by atoms with Gasteiger partial charge in [0.2, 0.25) is 15.3 Å². The highest BCUT2D eigenvalue weighted by Crippen LogP contribution is 2.31. The number of halogens is 1. The molecule has 0 atom stereocenters. The van der Waals surface area contributed by atoms with Gasteiger partial charge in [-0.3, -0.25) is 4.72 Å². The molecule has 1 saturated carbocycles. The van der Waals surface area contributed by atoms with Gasteiger partial charge in [-0.15, -0.1) is 0 Å². The van der Waals surface area contributed by atoms with Gasteiger partial charge >= 0.3 is 0 Å². The molecule has 0 bridgehead atoms. The Balaban J connectivity index is 1.59. The summed E-state index contributed by atoms with van der Waals surface area (Å²) in [5.74, 6) is 0.574. The summed E-state index contributed by atoms with van der Waals surface area (Å²) in [7, 11) is -3.29. The van der Waals surface area contributed by atoms with Gasteiger partial charge in [0.05, 0.1) is 29.8 Å². The zero-order valence-electron chi connectivity index (χ0n) is 12.6. The second-order valence-corrected chi connectivity index (χ2v) is 8.11. The number of benzene rings is 1. The monoisotopic (exact) mass is 366 g/mol. The molecule has 9 heteroatoms. The molecule has 1 aromatic heterocycles. The molecule has 2 aromatic rings. The van der Waals surface area contributed by atoms with Crippen LogP contribution in [0, 0.1) is 0 Å². The number of ether oxygens (including phenoxy) is 1. The van der Waals surface area contributed by atoms with Crippen LogP contribution in [0.3, 0.4) is 0 Å². The van der Waals surface area contributed by atoms with E-state index in [2.05, 4.69) is 20.0 Å². The number of sulfonamides is 1. The van der Waals surface area contributed by atoms with E-state index in [1.165, 1.54) is 0 Å². The first kappa shape index (κ1) is 15.6. The smallest absolute Gasteiger partial charge is 0.235 e. The van der Waals surface area contributed by atoms with E-state index in [1.54, 1.807) is 18.2 Å². The van der Waals surface area contributed by atoms with Crippen LogP contribution < -0.4 is 10.0 Å². The molecule has 0 spiro atoms. The lowest BCUT2D eigenvalue weighted by Gasteiger charge is -2.12. The van der Waals surface area contributed by atoms with Gasteiger partial charge in [0.15, 0.2) is 0 Å². The highest BCUT2D eigenvalue weighted by molar-refractivity contribution is 7.93. The molecular weight excluding hydrogens is 352 g/mol. The molecule has 4 rings (SSSR count). The van der Waals surface area contributed by atoms with Crippen molar-refractivity contribution in [3.63, 3.8) is 0 Å². The third kappa shape index (κ3) is 3.17. The fourth-order valence-electron chi connectivity index (χ4n) is 2.55. The molecule has 1 fully saturated rings. The molecule has 24 heavy (non-hydrogen) atoms. The van der Waals surface area contributed by atoms with Crippen LogP contribution in [-0.2, 0) is 28.0 Å². The van der Waals surface area contributed by atoms with Crippen molar-refractivity contribution < 1.29 is 13.2 Å². The van der Waals surface area contributed by atoms with E-state index in [4.69, 9.17) is 16.3 Å². The van der Waals surface area contributed by atoms with Crippen LogP contribution >= 0.6 is 11.6 Å². The molecule has 1 aliphatic carbocycles. The van der Waals surface area contributed by atoms with Crippen LogP contribution in [0.25, 0.3) is 0 Å². The lowest BCUT2D eigenvalue weighted by atomic mass is 10.2. The molecule has 7 nitrogen and oxygen atoms in total. The highest BCUT2D eigenvalue weighted by atomic mass is 35.5. The van der Waals surface area contributed by atoms with Gasteiger partial charge in [0.1, 0.15) is 5.82 Å². The summed E-state index contributed by atoms with van der Waals surface area (Å²) in [6.07, 6.45) is 1.44. The summed E-state index contributed by atoms with van der Waals surface area (Å²) in [4.78, 5) is 8.35. The standard InChI is InChI=1S/C15H15ClN4O3S/c16-15-18-13-8-23-7-12(13)14(19-15)17-9-2-1-3-10(6-9)20-24(21,22)11-4-5-11/h1-3,6,11,20H,4-5,7-8H2,(H,17,18,19). The molecule has 2 aliphatic rings. The molecule has 1 aromatic carbocycles. The summed E-state index contributed by atoms with van der Waals surface area (Å²) in [6, 6.07) is 7.03. The molecule has 2 N–H and O–H groups in total. The van der Waals surface area contributed by atoms with Gasteiger partial charge in [-0.05, 0) is 42.6 Å². The first-order valence-electron chi connectivity index (χ1n) is 7.53. The topological polar surface area (TPSA) is 93.2 Å². The zero-order valence-corrected chi connectivity index (χ0v) is 14.2. The Morgan fingerprint density at radius 3 is 2.75 bits per heavy atom. The van der Waals surface area contributed by atoms with Gasteiger partial charge in [0.25, 0.3) is 0 Å². The van der Waals surface area contributed by atoms with Gasteiger partial charge < -0.3 is 10.1 Å². The van der Waals surface area contributed by atoms with Crippen LogP contribution in [0.5, 0.6) is 0 Å². The van der Waals surface area contributed by atoms with Crippen molar-refractivity contribution in [2.24, 2.45) is 0 Å². The van der Waals surface area contributed by atoms with Gasteiger partial charge in [-0.2, -0.15) is 0 Å². The Morgan fingerprint density at radius 2 is 1.96 bits per heavy atom. The van der Waals surface area contributed by atoms with Crippen molar-refractivity contribution in [1.29, 1.82) is 0 Å². The Kier molecular flexibility index (Phi) is 3.82. The first-order chi connectivity index (χ1) is 11.5. The molecule has 0 saturated heterocycles. The van der Waals surface area contributed by atoms with E-state index in [-0.39, 0.29) is 10.5 Å². The predicted molar refractivity (Wildman–Crippen MR) is 90.8 cm³/mol. The summed E-state index contributed by atoms with van der Waals surface area (Å²) in [6.45, 7) is 0.830. The van der Waals surface area contributed by atoms with E-state index in [0.717, 1.165) is 24.1 Å². The van der Waals surface area contributed by atoms with E-state index in [1.807, 2.05) is 6.07 Å². The minimum absolute atomic E-state index is 0.146. The summed E-state index contributed by atoms with van der Waals surface area (Å²) in [5, 5.41) is 3.04. The van der Waals surface area contributed by atoms with Crippen molar-refractivity contribution >= 4 is 38.8 Å². The summed E-state index contributed by atoms with van der Waals surface area (Å²) >= 11 is 5.95. The van der Waals surface area contributed by atoms with E-state index in [0.29, 0.717) is 30.4 Å². The van der Waals surface area contributed by atoms with Gasteiger partial charge in [-0.1, -0.05) is 6.07 Å². The van der Waals surface area contributed by atoms with E-state index < -0.39 is 10.0 Å². The first-order valence-corrected chi connectivity index (χ1v) is 9.45. The number of hydrogen-bond acceptors (Lipinski definition) is 6. The fraction of sp³-hybridized carbons (Fsp3) is 0.333. The second-order valence-electron chi connectivity index (χ2n) is 5.81. The average molecular weight is 367 g/mol. The van der Waals surface area contributed by atoms with E-state index >= 15 is 0 Å². The summed E-state index contributed by atoms with van der Waals surface area (Å²) in [5.41, 5.74) is 2.85. The third-order valence-electron chi connectivity index (χ3n) is 3.90. The molecule has 0 radical (unpaired) electrons. The summed E-state index contributed by atoms with van der Waals surface area (Å²) < 4.78 is 32.1. The van der Waals surface area contributed by atoms with Crippen LogP contribution in [0.15, 0.2) is 24.3 Å². The van der Waals surface area contributed by atoms with Crippen molar-refractivity contribution in [1.82, 2.24) is 9.97 Å². The van der Waals surface area contributed by atoms with Crippen molar-refractivity contribution in [2.75, 3.05) is 10.0 Å². The lowest BCUT2D eigenvalue weighted by Crippen LogP contribution is -2.17. The molecule has 2 heterocycles. The quantitative estimate of drug-likeness (QED) is 0.790. The number of nitrogens with one attached hydrogen (secondary N) is 2. The van der Waals surface area contributed by atoms with Gasteiger partial charge in [-0.25, -0.2) is 18.4 Å².